The van der Waals surface area contributed by atoms with Crippen LogP contribution in [0.4, 0.5) is 5.00 Å². The van der Waals surface area contributed by atoms with Gasteiger partial charge in [0.05, 0.1) is 12.2 Å². The molecule has 0 saturated carbocycles. The van der Waals surface area contributed by atoms with Crippen LogP contribution in [0.3, 0.4) is 0 Å². The van der Waals surface area contributed by atoms with Gasteiger partial charge in [-0.25, -0.2) is 0 Å². The Bertz CT molecular complexity index is 754. The van der Waals surface area contributed by atoms with Crippen LogP contribution in [0.5, 0.6) is 0 Å². The number of rotatable bonds is 1. The van der Waals surface area contributed by atoms with E-state index in [2.05, 4.69) is 22.3 Å². The number of likely N-dealkylation sites (N-methyl/N-ethyl adjacent to an activating group) is 1. The maximum absolute atomic E-state index is 12.1. The van der Waals surface area contributed by atoms with Gasteiger partial charge in [-0.15, -0.1) is 0 Å². The topological polar surface area (TPSA) is 50.3 Å². The largest absolute Gasteiger partial charge is 0.351 e. The van der Waals surface area contributed by atoms with Gasteiger partial charge in [0.25, 0.3) is 0 Å². The molecule has 0 bridgehead atoms. The molecule has 0 saturated heterocycles. The van der Waals surface area contributed by atoms with Crippen molar-refractivity contribution in [2.75, 3.05) is 11.4 Å². The summed E-state index contributed by atoms with van der Waals surface area (Å²) in [5, 5.41) is 1.15. The van der Waals surface area contributed by atoms with Gasteiger partial charge in [0.2, 0.25) is 11.6 Å². The van der Waals surface area contributed by atoms with E-state index in [1.165, 1.54) is 17.1 Å². The van der Waals surface area contributed by atoms with Crippen molar-refractivity contribution in [3.05, 3.63) is 40.6 Å². The smallest absolute Gasteiger partial charge is 0.228 e. The lowest BCUT2D eigenvalue weighted by Crippen LogP contribution is -2.43. The van der Waals surface area contributed by atoms with Crippen molar-refractivity contribution in [3.63, 3.8) is 0 Å². The molecule has 1 aliphatic heterocycles. The summed E-state index contributed by atoms with van der Waals surface area (Å²) in [5.41, 5.74) is 4.03. The number of fused-ring (bicyclic) bond motifs is 3. The molecule has 0 aromatic carbocycles. The monoisotopic (exact) mass is 298 g/mol. The molecule has 2 heterocycles. The van der Waals surface area contributed by atoms with Gasteiger partial charge in [-0.2, -0.15) is 4.37 Å². The zero-order valence-corrected chi connectivity index (χ0v) is 12.4. The lowest BCUT2D eigenvalue weighted by atomic mass is 9.77. The van der Waals surface area contributed by atoms with Crippen LogP contribution in [0.1, 0.15) is 25.3 Å². The third-order valence-electron chi connectivity index (χ3n) is 4.37. The SMILES string of the molecule is CCN1c2sncc2C=C2C=CC3=C(CCC(=O)C3=O)C21. The number of anilines is 1. The Labute approximate surface area is 126 Å². The molecule has 1 aromatic heterocycles. The van der Waals surface area contributed by atoms with E-state index in [4.69, 9.17) is 0 Å². The average molecular weight is 298 g/mol. The van der Waals surface area contributed by atoms with Crippen LogP contribution >= 0.6 is 11.5 Å². The Morgan fingerprint density at radius 3 is 3.00 bits per heavy atom. The molecular formula is C16H14N2O2S. The molecule has 5 heteroatoms. The summed E-state index contributed by atoms with van der Waals surface area (Å²) in [6.07, 6.45) is 8.84. The molecule has 1 unspecified atom stereocenters. The summed E-state index contributed by atoms with van der Waals surface area (Å²) in [5.74, 6) is -0.583. The van der Waals surface area contributed by atoms with Crippen molar-refractivity contribution in [2.45, 2.75) is 25.8 Å². The first kappa shape index (κ1) is 12.7. The number of hydrogen-bond donors (Lipinski definition) is 0. The first-order chi connectivity index (χ1) is 10.2. The van der Waals surface area contributed by atoms with Crippen LogP contribution in [0.25, 0.3) is 6.08 Å². The van der Waals surface area contributed by atoms with Gasteiger partial charge in [-0.05, 0) is 42.1 Å². The number of ketones is 2. The zero-order chi connectivity index (χ0) is 14.6. The van der Waals surface area contributed by atoms with Gasteiger partial charge >= 0.3 is 0 Å². The van der Waals surface area contributed by atoms with Crippen molar-refractivity contribution in [1.82, 2.24) is 4.37 Å². The minimum Gasteiger partial charge on any atom is -0.351 e. The van der Waals surface area contributed by atoms with Crippen molar-refractivity contribution >= 4 is 34.2 Å². The van der Waals surface area contributed by atoms with Gasteiger partial charge in [-0.3, -0.25) is 9.59 Å². The van der Waals surface area contributed by atoms with Crippen LogP contribution < -0.4 is 4.90 Å². The molecule has 0 amide bonds. The maximum Gasteiger partial charge on any atom is 0.228 e. The second kappa shape index (κ2) is 4.49. The van der Waals surface area contributed by atoms with Crippen LogP contribution in [0.2, 0.25) is 0 Å². The summed E-state index contributed by atoms with van der Waals surface area (Å²) in [7, 11) is 0. The number of hydrogen-bond acceptors (Lipinski definition) is 5. The maximum atomic E-state index is 12.1. The standard InChI is InChI=1S/C16H14N2O2S/c1-2-18-14-9(7-10-8-17-21-16(10)18)3-4-12-11(14)5-6-13(19)15(12)20/h3-4,7-8,14H,2,5-6H2,1H3. The van der Waals surface area contributed by atoms with Crippen molar-refractivity contribution in [1.29, 1.82) is 0 Å². The molecule has 0 fully saturated rings. The molecule has 4 rings (SSSR count). The predicted molar refractivity (Wildman–Crippen MR) is 82.3 cm³/mol. The van der Waals surface area contributed by atoms with E-state index in [-0.39, 0.29) is 17.6 Å². The van der Waals surface area contributed by atoms with Crippen LogP contribution in [0.15, 0.2) is 35.1 Å². The molecule has 1 atom stereocenters. The zero-order valence-electron chi connectivity index (χ0n) is 11.6. The molecule has 0 radical (unpaired) electrons. The van der Waals surface area contributed by atoms with E-state index in [9.17, 15) is 9.59 Å². The van der Waals surface area contributed by atoms with Crippen LogP contribution in [-0.2, 0) is 9.59 Å². The first-order valence-corrected chi connectivity index (χ1v) is 7.89. The van der Waals surface area contributed by atoms with Crippen molar-refractivity contribution < 1.29 is 9.59 Å². The van der Waals surface area contributed by atoms with Crippen molar-refractivity contribution in [2.24, 2.45) is 0 Å². The molecule has 106 valence electrons. The van der Waals surface area contributed by atoms with Gasteiger partial charge in [-0.1, -0.05) is 12.2 Å². The third kappa shape index (κ3) is 1.70. The second-order valence-electron chi connectivity index (χ2n) is 5.44. The van der Waals surface area contributed by atoms with E-state index < -0.39 is 0 Å². The highest BCUT2D eigenvalue weighted by molar-refractivity contribution is 7.10. The Kier molecular flexibility index (Phi) is 2.72. The lowest BCUT2D eigenvalue weighted by molar-refractivity contribution is -0.134. The van der Waals surface area contributed by atoms with E-state index in [0.717, 1.165) is 22.7 Å². The Morgan fingerprint density at radius 2 is 2.19 bits per heavy atom. The fourth-order valence-electron chi connectivity index (χ4n) is 3.41. The summed E-state index contributed by atoms with van der Waals surface area (Å²) in [6, 6.07) is 0.0833. The van der Waals surface area contributed by atoms with Gasteiger partial charge in [0, 0.05) is 24.1 Å². The Morgan fingerprint density at radius 1 is 1.33 bits per heavy atom. The Hall–Kier alpha value is -2.01. The number of carbonyl (C=O) groups is 2. The molecule has 4 nitrogen and oxygen atoms in total. The number of carbonyl (C=O) groups excluding carboxylic acids is 2. The molecule has 0 spiro atoms. The van der Waals surface area contributed by atoms with E-state index in [0.29, 0.717) is 18.4 Å². The third-order valence-corrected chi connectivity index (χ3v) is 5.22. The number of allylic oxidation sites excluding steroid dienone is 2. The predicted octanol–water partition coefficient (Wildman–Crippen LogP) is 2.53. The lowest BCUT2D eigenvalue weighted by Gasteiger charge is -2.40. The minimum absolute atomic E-state index is 0.0833. The second-order valence-corrected chi connectivity index (χ2v) is 6.22. The molecule has 0 N–H and O–H groups in total. The number of Topliss-reactive ketones (excluding diaryl/α,β-unsaturated/α-hetero) is 2. The van der Waals surface area contributed by atoms with E-state index >= 15 is 0 Å². The highest BCUT2D eigenvalue weighted by Crippen LogP contribution is 2.43. The van der Waals surface area contributed by atoms with Gasteiger partial charge in [0.1, 0.15) is 5.00 Å². The molecular weight excluding hydrogens is 284 g/mol. The highest BCUT2D eigenvalue weighted by Gasteiger charge is 2.38. The fraction of sp³-hybridized carbons (Fsp3) is 0.312. The minimum atomic E-state index is -0.322. The first-order valence-electron chi connectivity index (χ1n) is 7.12. The normalized spacial score (nSPS) is 23.8. The summed E-state index contributed by atoms with van der Waals surface area (Å²) in [6.45, 7) is 2.96. The molecule has 21 heavy (non-hydrogen) atoms. The van der Waals surface area contributed by atoms with Gasteiger partial charge < -0.3 is 4.90 Å². The summed E-state index contributed by atoms with van der Waals surface area (Å²) < 4.78 is 4.29. The van der Waals surface area contributed by atoms with Crippen LogP contribution in [0, 0.1) is 0 Å². The van der Waals surface area contributed by atoms with E-state index in [1.807, 2.05) is 18.3 Å². The van der Waals surface area contributed by atoms with Crippen LogP contribution in [-0.4, -0.2) is 28.5 Å². The summed E-state index contributed by atoms with van der Waals surface area (Å²) >= 11 is 1.49. The molecule has 2 aliphatic carbocycles. The fourth-order valence-corrected chi connectivity index (χ4v) is 4.23. The van der Waals surface area contributed by atoms with Crippen molar-refractivity contribution in [3.8, 4) is 0 Å². The quantitative estimate of drug-likeness (QED) is 0.748. The summed E-state index contributed by atoms with van der Waals surface area (Å²) in [4.78, 5) is 26.1. The van der Waals surface area contributed by atoms with Gasteiger partial charge in [0.15, 0.2) is 0 Å². The molecule has 3 aliphatic rings. The van der Waals surface area contributed by atoms with E-state index in [1.54, 1.807) is 0 Å². The number of nitrogens with zero attached hydrogens (tertiary/aromatic N) is 2. The average Bonchev–Trinajstić information content (AvgIpc) is 2.96. The molecule has 1 aromatic rings. The number of aromatic nitrogens is 1. The Balaban J connectivity index is 1.89. The highest BCUT2D eigenvalue weighted by atomic mass is 32.1.